The van der Waals surface area contributed by atoms with E-state index in [-0.39, 0.29) is 29.5 Å². The third kappa shape index (κ3) is 5.07. The molecule has 2 N–H and O–H groups in total. The van der Waals surface area contributed by atoms with Gasteiger partial charge < -0.3 is 10.2 Å². The van der Waals surface area contributed by atoms with E-state index in [1.54, 1.807) is 13.0 Å². The van der Waals surface area contributed by atoms with Gasteiger partial charge in [0.1, 0.15) is 5.82 Å². The fourth-order valence-electron chi connectivity index (χ4n) is 4.02. The van der Waals surface area contributed by atoms with Crippen LogP contribution in [0.25, 0.3) is 0 Å². The number of likely N-dealkylation sites (tertiary alicyclic amines) is 1. The summed E-state index contributed by atoms with van der Waals surface area (Å²) in [6, 6.07) is 5.00. The van der Waals surface area contributed by atoms with Gasteiger partial charge in [0.2, 0.25) is 11.8 Å². The molecule has 1 aliphatic rings. The van der Waals surface area contributed by atoms with E-state index >= 15 is 0 Å². The van der Waals surface area contributed by atoms with Crippen LogP contribution in [0.1, 0.15) is 47.8 Å². The number of halogens is 1. The van der Waals surface area contributed by atoms with Crippen LogP contribution in [0.4, 0.5) is 4.39 Å². The van der Waals surface area contributed by atoms with Crippen LogP contribution in [-0.2, 0) is 22.6 Å². The molecule has 0 radical (unpaired) electrons. The van der Waals surface area contributed by atoms with Crippen molar-refractivity contribution in [2.75, 3.05) is 13.1 Å². The molecule has 1 fully saturated rings. The van der Waals surface area contributed by atoms with Gasteiger partial charge >= 0.3 is 0 Å². The number of aryl methyl sites for hydroxylation is 3. The zero-order chi connectivity index (χ0) is 21.8. The summed E-state index contributed by atoms with van der Waals surface area (Å²) in [6.45, 7) is 9.08. The standard InChI is InChI=1S/C23H31FN4O2/c1-14-5-6-18(12-21(14)24)13-25-22(29)19-7-9-28(10-8-19)23(30)15(2)11-20-16(3)26-27-17(20)4/h5-6,12,15,19H,7-11,13H2,1-4H3,(H,25,29)(H,26,27). The molecule has 1 aliphatic heterocycles. The molecule has 7 heteroatoms. The van der Waals surface area contributed by atoms with E-state index in [0.29, 0.717) is 44.5 Å². The van der Waals surface area contributed by atoms with Gasteiger partial charge in [0.15, 0.2) is 0 Å². The Morgan fingerprint density at radius 1 is 1.27 bits per heavy atom. The number of hydrogen-bond donors (Lipinski definition) is 2. The number of rotatable bonds is 6. The molecule has 1 unspecified atom stereocenters. The van der Waals surface area contributed by atoms with Crippen molar-refractivity contribution in [1.29, 1.82) is 0 Å². The summed E-state index contributed by atoms with van der Waals surface area (Å²) in [5, 5.41) is 10.1. The minimum absolute atomic E-state index is 0.0271. The smallest absolute Gasteiger partial charge is 0.225 e. The molecule has 2 heterocycles. The first-order valence-corrected chi connectivity index (χ1v) is 10.6. The third-order valence-electron chi connectivity index (χ3n) is 6.09. The van der Waals surface area contributed by atoms with Crippen molar-refractivity contribution in [3.63, 3.8) is 0 Å². The van der Waals surface area contributed by atoms with E-state index in [2.05, 4.69) is 15.5 Å². The Morgan fingerprint density at radius 2 is 1.97 bits per heavy atom. The van der Waals surface area contributed by atoms with Crippen molar-refractivity contribution in [3.05, 3.63) is 52.1 Å². The second-order valence-corrected chi connectivity index (χ2v) is 8.42. The molecule has 1 atom stereocenters. The molecule has 3 rings (SSSR count). The van der Waals surface area contributed by atoms with Gasteiger partial charge in [0.05, 0.1) is 5.69 Å². The molecule has 1 aromatic carbocycles. The zero-order valence-corrected chi connectivity index (χ0v) is 18.2. The van der Waals surface area contributed by atoms with Gasteiger partial charge in [-0.3, -0.25) is 14.7 Å². The first-order valence-electron chi connectivity index (χ1n) is 10.6. The third-order valence-corrected chi connectivity index (χ3v) is 6.09. The highest BCUT2D eigenvalue weighted by atomic mass is 19.1. The van der Waals surface area contributed by atoms with E-state index in [0.717, 1.165) is 22.5 Å². The van der Waals surface area contributed by atoms with Crippen LogP contribution in [0.5, 0.6) is 0 Å². The average molecular weight is 415 g/mol. The summed E-state index contributed by atoms with van der Waals surface area (Å²) < 4.78 is 13.7. The van der Waals surface area contributed by atoms with Crippen molar-refractivity contribution >= 4 is 11.8 Å². The average Bonchev–Trinajstić information content (AvgIpc) is 3.06. The molecular weight excluding hydrogens is 383 g/mol. The summed E-state index contributed by atoms with van der Waals surface area (Å²) in [6.07, 6.45) is 1.97. The van der Waals surface area contributed by atoms with E-state index in [4.69, 9.17) is 0 Å². The minimum Gasteiger partial charge on any atom is -0.352 e. The number of amides is 2. The quantitative estimate of drug-likeness (QED) is 0.762. The van der Waals surface area contributed by atoms with Crippen LogP contribution in [0.3, 0.4) is 0 Å². The summed E-state index contributed by atoms with van der Waals surface area (Å²) in [7, 11) is 0. The maximum atomic E-state index is 13.7. The number of piperidine rings is 1. The fourth-order valence-corrected chi connectivity index (χ4v) is 4.02. The molecule has 0 aliphatic carbocycles. The number of aromatic amines is 1. The van der Waals surface area contributed by atoms with Crippen LogP contribution in [0.15, 0.2) is 18.2 Å². The van der Waals surface area contributed by atoms with Gasteiger partial charge in [-0.15, -0.1) is 0 Å². The zero-order valence-electron chi connectivity index (χ0n) is 18.2. The van der Waals surface area contributed by atoms with E-state index < -0.39 is 0 Å². The highest BCUT2D eigenvalue weighted by Crippen LogP contribution is 2.22. The maximum absolute atomic E-state index is 13.7. The van der Waals surface area contributed by atoms with E-state index in [9.17, 15) is 14.0 Å². The largest absolute Gasteiger partial charge is 0.352 e. The van der Waals surface area contributed by atoms with Crippen molar-refractivity contribution in [2.45, 2.75) is 53.5 Å². The summed E-state index contributed by atoms with van der Waals surface area (Å²) in [5.41, 5.74) is 4.40. The predicted octanol–water partition coefficient (Wildman–Crippen LogP) is 3.21. The van der Waals surface area contributed by atoms with Crippen LogP contribution in [0, 0.1) is 38.4 Å². The SMILES string of the molecule is Cc1ccc(CNC(=O)C2CCN(C(=O)C(C)Cc3c(C)n[nH]c3C)CC2)cc1F. The summed E-state index contributed by atoms with van der Waals surface area (Å²) >= 11 is 0. The Morgan fingerprint density at radius 3 is 2.57 bits per heavy atom. The number of aromatic nitrogens is 2. The first kappa shape index (κ1) is 22.0. The Bertz CT molecular complexity index is 896. The number of hydrogen-bond acceptors (Lipinski definition) is 3. The van der Waals surface area contributed by atoms with E-state index in [1.807, 2.05) is 31.7 Å². The summed E-state index contributed by atoms with van der Waals surface area (Å²) in [4.78, 5) is 27.2. The van der Waals surface area contributed by atoms with Crippen molar-refractivity contribution in [3.8, 4) is 0 Å². The molecule has 1 saturated heterocycles. The van der Waals surface area contributed by atoms with Gasteiger partial charge in [-0.1, -0.05) is 19.1 Å². The minimum atomic E-state index is -0.261. The molecule has 0 bridgehead atoms. The molecule has 2 amide bonds. The van der Waals surface area contributed by atoms with E-state index in [1.165, 1.54) is 6.07 Å². The number of H-pyrrole nitrogens is 1. The van der Waals surface area contributed by atoms with Gasteiger partial charge in [0, 0.05) is 37.2 Å². The van der Waals surface area contributed by atoms with Gasteiger partial charge in [-0.2, -0.15) is 5.10 Å². The first-order chi connectivity index (χ1) is 14.3. The summed E-state index contributed by atoms with van der Waals surface area (Å²) in [5.74, 6) is -0.395. The number of nitrogens with one attached hydrogen (secondary N) is 2. The maximum Gasteiger partial charge on any atom is 0.225 e. The molecule has 6 nitrogen and oxygen atoms in total. The normalized spacial score (nSPS) is 15.8. The Labute approximate surface area is 177 Å². The molecule has 162 valence electrons. The lowest BCUT2D eigenvalue weighted by molar-refractivity contribution is -0.138. The number of benzene rings is 1. The van der Waals surface area contributed by atoms with Crippen molar-refractivity contribution in [1.82, 2.24) is 20.4 Å². The highest BCUT2D eigenvalue weighted by molar-refractivity contribution is 5.81. The fraction of sp³-hybridized carbons (Fsp3) is 0.522. The molecule has 1 aromatic heterocycles. The van der Waals surface area contributed by atoms with Gasteiger partial charge in [0.25, 0.3) is 0 Å². The monoisotopic (exact) mass is 414 g/mol. The van der Waals surface area contributed by atoms with Crippen LogP contribution in [-0.4, -0.2) is 40.0 Å². The predicted molar refractivity (Wildman–Crippen MR) is 113 cm³/mol. The van der Waals surface area contributed by atoms with Crippen molar-refractivity contribution in [2.24, 2.45) is 11.8 Å². The molecule has 30 heavy (non-hydrogen) atoms. The lowest BCUT2D eigenvalue weighted by Gasteiger charge is -2.33. The molecular formula is C23H31FN4O2. The highest BCUT2D eigenvalue weighted by Gasteiger charge is 2.29. The number of nitrogens with zero attached hydrogens (tertiary/aromatic N) is 2. The lowest BCUT2D eigenvalue weighted by Crippen LogP contribution is -2.44. The lowest BCUT2D eigenvalue weighted by atomic mass is 9.93. The molecule has 0 spiro atoms. The molecule has 2 aromatic rings. The van der Waals surface area contributed by atoms with Gasteiger partial charge in [-0.25, -0.2) is 4.39 Å². The topological polar surface area (TPSA) is 78.1 Å². The second-order valence-electron chi connectivity index (χ2n) is 8.42. The number of carbonyl (C=O) groups is 2. The Kier molecular flexibility index (Phi) is 6.90. The second kappa shape index (κ2) is 9.41. The van der Waals surface area contributed by atoms with Crippen LogP contribution in [0.2, 0.25) is 0 Å². The molecule has 0 saturated carbocycles. The van der Waals surface area contributed by atoms with Crippen LogP contribution < -0.4 is 5.32 Å². The van der Waals surface area contributed by atoms with Gasteiger partial charge in [-0.05, 0) is 62.8 Å². The van der Waals surface area contributed by atoms with Crippen molar-refractivity contribution < 1.29 is 14.0 Å². The van der Waals surface area contributed by atoms with Crippen LogP contribution >= 0.6 is 0 Å². The Hall–Kier alpha value is -2.70. The number of carbonyl (C=O) groups excluding carboxylic acids is 2. The Balaban J connectivity index is 1.47.